The fraction of sp³-hybridized carbons (Fsp3) is 0.0417. The van der Waals surface area contributed by atoms with Crippen molar-refractivity contribution in [3.63, 3.8) is 0 Å². The lowest BCUT2D eigenvalue weighted by Gasteiger charge is -1.96. The van der Waals surface area contributed by atoms with Crippen molar-refractivity contribution < 1.29 is 8.83 Å². The average molecular weight is 460 g/mol. The number of halogens is 1. The molecule has 6 rings (SSSR count). The molecule has 0 unspecified atom stereocenters. The van der Waals surface area contributed by atoms with Gasteiger partial charge in [0.2, 0.25) is 10.8 Å². The molecule has 6 nitrogen and oxygen atoms in total. The summed E-state index contributed by atoms with van der Waals surface area (Å²) in [5.41, 5.74) is 2.33. The molecule has 0 saturated heterocycles. The zero-order chi connectivity index (χ0) is 21.8. The maximum atomic E-state index is 12.9. The number of hydrogen-bond acceptors (Lipinski definition) is 6. The van der Waals surface area contributed by atoms with Crippen LogP contribution in [0.1, 0.15) is 11.3 Å². The second kappa shape index (κ2) is 7.19. The van der Waals surface area contributed by atoms with Gasteiger partial charge in [0.25, 0.3) is 5.56 Å². The van der Waals surface area contributed by atoms with Crippen LogP contribution in [0.15, 0.2) is 74.3 Å². The number of rotatable bonds is 3. The number of thiazole rings is 1. The average Bonchev–Trinajstić information content (AvgIpc) is 3.55. The minimum absolute atomic E-state index is 0.252. The van der Waals surface area contributed by atoms with E-state index in [1.54, 1.807) is 12.1 Å². The van der Waals surface area contributed by atoms with Gasteiger partial charge in [-0.15, -0.1) is 5.10 Å². The van der Waals surface area contributed by atoms with Gasteiger partial charge in [-0.2, -0.15) is 9.50 Å². The SMILES string of the molecule is Cc1c(-c2nc3s/c(=C\c4ccc(-c5cccc(Cl)c5)o4)c(=O)n3n2)oc2ccccc12. The van der Waals surface area contributed by atoms with Gasteiger partial charge in [0.15, 0.2) is 5.76 Å². The molecule has 0 N–H and O–H groups in total. The maximum Gasteiger partial charge on any atom is 0.291 e. The molecular formula is C24H14ClN3O3S. The Morgan fingerprint density at radius 2 is 1.94 bits per heavy atom. The number of furan rings is 2. The molecular weight excluding hydrogens is 446 g/mol. The molecule has 6 aromatic rings. The van der Waals surface area contributed by atoms with Gasteiger partial charge in [-0.05, 0) is 37.3 Å². The lowest BCUT2D eigenvalue weighted by molar-refractivity contribution is 0.571. The van der Waals surface area contributed by atoms with Gasteiger partial charge in [-0.3, -0.25) is 4.79 Å². The van der Waals surface area contributed by atoms with Crippen LogP contribution >= 0.6 is 22.9 Å². The van der Waals surface area contributed by atoms with Crippen LogP contribution in [0, 0.1) is 6.92 Å². The quantitative estimate of drug-likeness (QED) is 0.357. The van der Waals surface area contributed by atoms with Crippen LogP contribution in [0.2, 0.25) is 5.02 Å². The van der Waals surface area contributed by atoms with Crippen molar-refractivity contribution in [3.05, 3.63) is 91.9 Å². The van der Waals surface area contributed by atoms with Crippen molar-refractivity contribution in [1.82, 2.24) is 14.6 Å². The van der Waals surface area contributed by atoms with E-state index in [9.17, 15) is 4.79 Å². The highest BCUT2D eigenvalue weighted by molar-refractivity contribution is 7.15. The molecule has 2 aromatic carbocycles. The van der Waals surface area contributed by atoms with Crippen molar-refractivity contribution in [2.24, 2.45) is 0 Å². The lowest BCUT2D eigenvalue weighted by Crippen LogP contribution is -2.23. The highest BCUT2D eigenvalue weighted by Crippen LogP contribution is 2.31. The standard InChI is InChI=1S/C24H14ClN3O3S/c1-13-17-7-2-3-8-19(17)31-21(13)22-26-24-28(27-22)23(29)20(32-24)12-16-9-10-18(30-16)14-5-4-6-15(25)11-14/h2-12H,1H3/b20-12-. The molecule has 4 aromatic heterocycles. The topological polar surface area (TPSA) is 73.5 Å². The van der Waals surface area contributed by atoms with Crippen LogP contribution in [0.4, 0.5) is 0 Å². The Morgan fingerprint density at radius 3 is 2.75 bits per heavy atom. The Kier molecular flexibility index (Phi) is 4.28. The van der Waals surface area contributed by atoms with Crippen molar-refractivity contribution in [2.75, 3.05) is 0 Å². The monoisotopic (exact) mass is 459 g/mol. The number of aryl methyl sites for hydroxylation is 1. The first-order valence-electron chi connectivity index (χ1n) is 9.82. The van der Waals surface area contributed by atoms with Crippen LogP contribution in [-0.2, 0) is 0 Å². The summed E-state index contributed by atoms with van der Waals surface area (Å²) in [6, 6.07) is 18.8. The van der Waals surface area contributed by atoms with Crippen molar-refractivity contribution >= 4 is 44.9 Å². The molecule has 0 atom stereocenters. The van der Waals surface area contributed by atoms with Crippen LogP contribution < -0.4 is 10.1 Å². The number of hydrogen-bond donors (Lipinski definition) is 0. The molecule has 0 fully saturated rings. The van der Waals surface area contributed by atoms with E-state index < -0.39 is 0 Å². The van der Waals surface area contributed by atoms with Gasteiger partial charge >= 0.3 is 0 Å². The van der Waals surface area contributed by atoms with Crippen molar-refractivity contribution in [3.8, 4) is 22.9 Å². The van der Waals surface area contributed by atoms with Gasteiger partial charge in [0.05, 0.1) is 0 Å². The van der Waals surface area contributed by atoms with E-state index in [2.05, 4.69) is 10.1 Å². The zero-order valence-corrected chi connectivity index (χ0v) is 18.3. The Labute approximate surface area is 190 Å². The molecule has 4 heterocycles. The molecule has 0 aliphatic heterocycles. The summed E-state index contributed by atoms with van der Waals surface area (Å²) in [6.07, 6.45) is 1.70. The molecule has 0 saturated carbocycles. The summed E-state index contributed by atoms with van der Waals surface area (Å²) in [5, 5.41) is 6.04. The van der Waals surface area contributed by atoms with Gasteiger partial charge in [-0.1, -0.05) is 53.3 Å². The fourth-order valence-corrected chi connectivity index (χ4v) is 4.75. The summed E-state index contributed by atoms with van der Waals surface area (Å²) in [4.78, 5) is 17.9. The zero-order valence-electron chi connectivity index (χ0n) is 16.7. The van der Waals surface area contributed by atoms with Crippen LogP contribution in [0.25, 0.3) is 44.9 Å². The molecule has 0 spiro atoms. The predicted molar refractivity (Wildman–Crippen MR) is 125 cm³/mol. The van der Waals surface area contributed by atoms with Gasteiger partial charge in [-0.25, -0.2) is 0 Å². The second-order valence-electron chi connectivity index (χ2n) is 7.31. The first kappa shape index (κ1) is 19.0. The molecule has 32 heavy (non-hydrogen) atoms. The summed E-state index contributed by atoms with van der Waals surface area (Å²) in [5.74, 6) is 2.21. The molecule has 0 bridgehead atoms. The summed E-state index contributed by atoms with van der Waals surface area (Å²) in [6.45, 7) is 1.96. The van der Waals surface area contributed by atoms with E-state index in [1.807, 2.05) is 61.5 Å². The Hall–Kier alpha value is -3.68. The highest BCUT2D eigenvalue weighted by atomic mass is 35.5. The third kappa shape index (κ3) is 3.05. The Morgan fingerprint density at radius 1 is 1.06 bits per heavy atom. The third-order valence-electron chi connectivity index (χ3n) is 5.24. The Balaban J connectivity index is 1.40. The van der Waals surface area contributed by atoms with Gasteiger partial charge < -0.3 is 8.83 Å². The molecule has 8 heteroatoms. The van der Waals surface area contributed by atoms with E-state index >= 15 is 0 Å². The first-order valence-corrected chi connectivity index (χ1v) is 11.0. The predicted octanol–water partition coefficient (Wildman–Crippen LogP) is 5.33. The second-order valence-corrected chi connectivity index (χ2v) is 8.76. The fourth-order valence-electron chi connectivity index (χ4n) is 3.67. The number of benzene rings is 2. The van der Waals surface area contributed by atoms with E-state index in [0.29, 0.717) is 37.6 Å². The number of aromatic nitrogens is 3. The number of para-hydroxylation sites is 1. The van der Waals surface area contributed by atoms with Gasteiger partial charge in [0.1, 0.15) is 21.6 Å². The molecule has 0 amide bonds. The lowest BCUT2D eigenvalue weighted by atomic mass is 10.1. The normalized spacial score (nSPS) is 12.4. The minimum atomic E-state index is -0.252. The van der Waals surface area contributed by atoms with E-state index in [1.165, 1.54) is 15.9 Å². The first-order chi connectivity index (χ1) is 15.6. The van der Waals surface area contributed by atoms with Crippen LogP contribution in [0.3, 0.4) is 0 Å². The highest BCUT2D eigenvalue weighted by Gasteiger charge is 2.19. The molecule has 0 aliphatic carbocycles. The Bertz CT molecular complexity index is 1740. The van der Waals surface area contributed by atoms with Gasteiger partial charge in [0, 0.05) is 27.6 Å². The van der Waals surface area contributed by atoms with Crippen molar-refractivity contribution in [1.29, 1.82) is 0 Å². The van der Waals surface area contributed by atoms with Crippen LogP contribution in [0.5, 0.6) is 0 Å². The molecule has 0 aliphatic rings. The van der Waals surface area contributed by atoms with E-state index in [-0.39, 0.29) is 5.56 Å². The maximum absolute atomic E-state index is 12.9. The van der Waals surface area contributed by atoms with E-state index in [4.69, 9.17) is 20.4 Å². The van der Waals surface area contributed by atoms with Crippen LogP contribution in [-0.4, -0.2) is 14.6 Å². The number of fused-ring (bicyclic) bond motifs is 2. The smallest absolute Gasteiger partial charge is 0.291 e. The summed E-state index contributed by atoms with van der Waals surface area (Å²) < 4.78 is 13.6. The number of nitrogens with zero attached hydrogens (tertiary/aromatic N) is 3. The third-order valence-corrected chi connectivity index (χ3v) is 6.43. The van der Waals surface area contributed by atoms with Crippen molar-refractivity contribution in [2.45, 2.75) is 6.92 Å². The molecule has 156 valence electrons. The largest absolute Gasteiger partial charge is 0.457 e. The summed E-state index contributed by atoms with van der Waals surface area (Å²) >= 11 is 7.31. The molecule has 0 radical (unpaired) electrons. The van der Waals surface area contributed by atoms with E-state index in [0.717, 1.165) is 22.1 Å². The summed E-state index contributed by atoms with van der Waals surface area (Å²) in [7, 11) is 0. The minimum Gasteiger partial charge on any atom is -0.457 e.